The van der Waals surface area contributed by atoms with Gasteiger partial charge >= 0.3 is 0 Å². The van der Waals surface area contributed by atoms with E-state index >= 15 is 0 Å². The van der Waals surface area contributed by atoms with Crippen molar-refractivity contribution in [1.82, 2.24) is 4.31 Å². The van der Waals surface area contributed by atoms with Crippen LogP contribution in [0.4, 0.5) is 0 Å². The molecule has 2 N–H and O–H groups in total. The SMILES string of the molecule is CC(N)C1CCN(S(=O)(=O)CC2CCCC2)CC1. The van der Waals surface area contributed by atoms with E-state index < -0.39 is 10.0 Å². The van der Waals surface area contributed by atoms with Crippen molar-refractivity contribution in [2.45, 2.75) is 51.5 Å². The molecule has 0 amide bonds. The molecule has 1 unspecified atom stereocenters. The van der Waals surface area contributed by atoms with Crippen LogP contribution in [0.3, 0.4) is 0 Å². The summed E-state index contributed by atoms with van der Waals surface area (Å²) in [5.74, 6) is 1.26. The normalized spacial score (nSPS) is 26.6. The van der Waals surface area contributed by atoms with Gasteiger partial charge in [-0.25, -0.2) is 12.7 Å². The summed E-state index contributed by atoms with van der Waals surface area (Å²) in [5, 5.41) is 0. The summed E-state index contributed by atoms with van der Waals surface area (Å²) in [7, 11) is -3.02. The molecule has 2 rings (SSSR count). The van der Waals surface area contributed by atoms with Gasteiger partial charge in [0.2, 0.25) is 10.0 Å². The van der Waals surface area contributed by atoms with E-state index in [4.69, 9.17) is 5.73 Å². The highest BCUT2D eigenvalue weighted by molar-refractivity contribution is 7.89. The van der Waals surface area contributed by atoms with Gasteiger partial charge in [0.25, 0.3) is 0 Å². The van der Waals surface area contributed by atoms with Gasteiger partial charge in [0.15, 0.2) is 0 Å². The predicted molar refractivity (Wildman–Crippen MR) is 73.7 cm³/mol. The Labute approximate surface area is 111 Å². The molecule has 5 heteroatoms. The fraction of sp³-hybridized carbons (Fsp3) is 1.00. The maximum atomic E-state index is 12.3. The highest BCUT2D eigenvalue weighted by Gasteiger charge is 2.31. The second kappa shape index (κ2) is 5.88. The van der Waals surface area contributed by atoms with Crippen LogP contribution in [0.25, 0.3) is 0 Å². The second-order valence-electron chi connectivity index (χ2n) is 6.02. The summed E-state index contributed by atoms with van der Waals surface area (Å²) < 4.78 is 26.3. The van der Waals surface area contributed by atoms with Crippen LogP contribution >= 0.6 is 0 Å². The van der Waals surface area contributed by atoms with Crippen LogP contribution in [0.5, 0.6) is 0 Å². The van der Waals surface area contributed by atoms with Gasteiger partial charge in [-0.1, -0.05) is 12.8 Å². The van der Waals surface area contributed by atoms with Gasteiger partial charge < -0.3 is 5.73 Å². The van der Waals surface area contributed by atoms with Crippen molar-refractivity contribution in [2.75, 3.05) is 18.8 Å². The maximum absolute atomic E-state index is 12.3. The molecule has 1 atom stereocenters. The molecule has 1 aliphatic heterocycles. The van der Waals surface area contributed by atoms with E-state index in [1.807, 2.05) is 6.92 Å². The molecule has 1 saturated heterocycles. The summed E-state index contributed by atoms with van der Waals surface area (Å²) in [6, 6.07) is 0.185. The molecular weight excluding hydrogens is 248 g/mol. The predicted octanol–water partition coefficient (Wildman–Crippen LogP) is 1.57. The zero-order valence-electron chi connectivity index (χ0n) is 11.3. The first-order chi connectivity index (χ1) is 8.49. The smallest absolute Gasteiger partial charge is 0.214 e. The fourth-order valence-electron chi connectivity index (χ4n) is 3.26. The zero-order valence-corrected chi connectivity index (χ0v) is 12.2. The molecule has 2 aliphatic rings. The van der Waals surface area contributed by atoms with Gasteiger partial charge in [-0.05, 0) is 44.4 Å². The highest BCUT2D eigenvalue weighted by Crippen LogP contribution is 2.28. The topological polar surface area (TPSA) is 63.4 Å². The minimum atomic E-state index is -3.02. The average Bonchev–Trinajstić information content (AvgIpc) is 2.81. The zero-order chi connectivity index (χ0) is 13.2. The van der Waals surface area contributed by atoms with Crippen molar-refractivity contribution in [1.29, 1.82) is 0 Å². The Bertz CT molecular complexity index is 353. The Morgan fingerprint density at radius 1 is 1.17 bits per heavy atom. The standard InChI is InChI=1S/C13H26N2O2S/c1-11(14)13-6-8-15(9-7-13)18(16,17)10-12-4-2-3-5-12/h11-13H,2-10,14H2,1H3. The molecule has 0 aromatic rings. The minimum Gasteiger partial charge on any atom is -0.328 e. The second-order valence-corrected chi connectivity index (χ2v) is 8.04. The van der Waals surface area contributed by atoms with E-state index in [0.29, 0.717) is 30.7 Å². The van der Waals surface area contributed by atoms with Gasteiger partial charge in [0, 0.05) is 19.1 Å². The third kappa shape index (κ3) is 3.45. The lowest BCUT2D eigenvalue weighted by atomic mass is 9.92. The molecule has 1 heterocycles. The quantitative estimate of drug-likeness (QED) is 0.846. The van der Waals surface area contributed by atoms with E-state index in [1.165, 1.54) is 12.8 Å². The highest BCUT2D eigenvalue weighted by atomic mass is 32.2. The van der Waals surface area contributed by atoms with E-state index in [9.17, 15) is 8.42 Å². The number of nitrogens with zero attached hydrogens (tertiary/aromatic N) is 1. The average molecular weight is 274 g/mol. The fourth-order valence-corrected chi connectivity index (χ4v) is 5.17. The maximum Gasteiger partial charge on any atom is 0.214 e. The Hall–Kier alpha value is -0.130. The summed E-state index contributed by atoms with van der Waals surface area (Å²) in [4.78, 5) is 0. The van der Waals surface area contributed by atoms with E-state index in [-0.39, 0.29) is 6.04 Å². The van der Waals surface area contributed by atoms with Crippen LogP contribution in [-0.2, 0) is 10.0 Å². The lowest BCUT2D eigenvalue weighted by molar-refractivity contribution is 0.250. The molecule has 4 nitrogen and oxygen atoms in total. The lowest BCUT2D eigenvalue weighted by Gasteiger charge is -2.33. The van der Waals surface area contributed by atoms with E-state index in [2.05, 4.69) is 0 Å². The summed E-state index contributed by atoms with van der Waals surface area (Å²) in [5.41, 5.74) is 5.89. The van der Waals surface area contributed by atoms with Crippen molar-refractivity contribution in [3.63, 3.8) is 0 Å². The van der Waals surface area contributed by atoms with Crippen molar-refractivity contribution >= 4 is 10.0 Å². The van der Waals surface area contributed by atoms with Crippen molar-refractivity contribution in [3.05, 3.63) is 0 Å². The Morgan fingerprint density at radius 2 is 1.72 bits per heavy atom. The van der Waals surface area contributed by atoms with E-state index in [1.54, 1.807) is 4.31 Å². The summed E-state index contributed by atoms with van der Waals surface area (Å²) in [6.07, 6.45) is 6.42. The van der Waals surface area contributed by atoms with Gasteiger partial charge in [-0.15, -0.1) is 0 Å². The molecule has 18 heavy (non-hydrogen) atoms. The molecule has 0 radical (unpaired) electrons. The van der Waals surface area contributed by atoms with Crippen LogP contribution < -0.4 is 5.73 Å². The van der Waals surface area contributed by atoms with Crippen molar-refractivity contribution < 1.29 is 8.42 Å². The van der Waals surface area contributed by atoms with Crippen LogP contribution in [0.15, 0.2) is 0 Å². The van der Waals surface area contributed by atoms with Gasteiger partial charge in [0.1, 0.15) is 0 Å². The summed E-state index contributed by atoms with van der Waals surface area (Å²) in [6.45, 7) is 3.36. The Balaban J connectivity index is 1.87. The van der Waals surface area contributed by atoms with Gasteiger partial charge in [-0.2, -0.15) is 0 Å². The van der Waals surface area contributed by atoms with Crippen molar-refractivity contribution in [3.8, 4) is 0 Å². The molecular formula is C13H26N2O2S. The first-order valence-electron chi connectivity index (χ1n) is 7.22. The first kappa shape index (κ1) is 14.3. The van der Waals surface area contributed by atoms with Gasteiger partial charge in [0.05, 0.1) is 5.75 Å². The molecule has 0 aromatic carbocycles. The summed E-state index contributed by atoms with van der Waals surface area (Å²) >= 11 is 0. The lowest BCUT2D eigenvalue weighted by Crippen LogP contribution is -2.44. The number of nitrogens with two attached hydrogens (primary N) is 1. The monoisotopic (exact) mass is 274 g/mol. The molecule has 1 aliphatic carbocycles. The molecule has 106 valence electrons. The number of hydrogen-bond donors (Lipinski definition) is 1. The molecule has 0 bridgehead atoms. The third-order valence-corrected chi connectivity index (χ3v) is 6.60. The van der Waals surface area contributed by atoms with Crippen LogP contribution in [0.1, 0.15) is 45.4 Å². The molecule has 1 saturated carbocycles. The Morgan fingerprint density at radius 3 is 2.22 bits per heavy atom. The van der Waals surface area contributed by atoms with Crippen LogP contribution in [0, 0.1) is 11.8 Å². The number of piperidine rings is 1. The first-order valence-corrected chi connectivity index (χ1v) is 8.83. The number of sulfonamides is 1. The van der Waals surface area contributed by atoms with E-state index in [0.717, 1.165) is 25.7 Å². The Kier molecular flexibility index (Phi) is 4.67. The number of rotatable bonds is 4. The molecule has 2 fully saturated rings. The number of hydrogen-bond acceptors (Lipinski definition) is 3. The third-order valence-electron chi connectivity index (χ3n) is 4.56. The molecule has 0 aromatic heterocycles. The largest absolute Gasteiger partial charge is 0.328 e. The van der Waals surface area contributed by atoms with Crippen molar-refractivity contribution in [2.24, 2.45) is 17.6 Å². The molecule has 0 spiro atoms. The van der Waals surface area contributed by atoms with Crippen LogP contribution in [0.2, 0.25) is 0 Å². The van der Waals surface area contributed by atoms with Crippen LogP contribution in [-0.4, -0.2) is 37.6 Å². The minimum absolute atomic E-state index is 0.185. The van der Waals surface area contributed by atoms with Gasteiger partial charge in [-0.3, -0.25) is 0 Å².